The lowest BCUT2D eigenvalue weighted by Gasteiger charge is -2.15. The van der Waals surface area contributed by atoms with Gasteiger partial charge >= 0.3 is 0 Å². The number of hydrogen-bond donors (Lipinski definition) is 0. The van der Waals surface area contributed by atoms with E-state index >= 15 is 0 Å². The molecule has 0 aliphatic heterocycles. The molecule has 0 atom stereocenters. The number of hydrogen-bond acceptors (Lipinski definition) is 0. The second kappa shape index (κ2) is 5.78. The van der Waals surface area contributed by atoms with Crippen LogP contribution in [0, 0.1) is 0 Å². The molecule has 1 aliphatic carbocycles. The summed E-state index contributed by atoms with van der Waals surface area (Å²) in [6, 6.07) is 0. The molecule has 0 radical (unpaired) electrons. The lowest BCUT2D eigenvalue weighted by molar-refractivity contribution is 0.827. The van der Waals surface area contributed by atoms with Crippen molar-refractivity contribution in [3.05, 3.63) is 40.2 Å². The van der Waals surface area contributed by atoms with E-state index in [9.17, 15) is 0 Å². The molecule has 0 heterocycles. The maximum absolute atomic E-state index is 3.27. The van der Waals surface area contributed by atoms with E-state index in [0.717, 1.165) is 6.42 Å². The van der Waals surface area contributed by atoms with Gasteiger partial charge in [-0.1, -0.05) is 22.8 Å². The van der Waals surface area contributed by atoms with Gasteiger partial charge in [0.1, 0.15) is 0 Å². The van der Waals surface area contributed by atoms with Crippen molar-refractivity contribution < 1.29 is 0 Å². The van der Waals surface area contributed by atoms with Gasteiger partial charge in [0, 0.05) is 0 Å². The minimum atomic E-state index is 1.06. The van der Waals surface area contributed by atoms with Crippen molar-refractivity contribution in [1.82, 2.24) is 0 Å². The average molecular weight is 202 g/mol. The van der Waals surface area contributed by atoms with E-state index in [1.54, 1.807) is 11.1 Å². The summed E-state index contributed by atoms with van der Waals surface area (Å²) in [5.41, 5.74) is 9.24. The van der Waals surface area contributed by atoms with E-state index in [1.807, 2.05) is 0 Å². The van der Waals surface area contributed by atoms with Crippen molar-refractivity contribution in [2.75, 3.05) is 0 Å². The Bertz CT molecular complexity index is 340. The minimum Gasteiger partial charge on any atom is -0.126 e. The Kier molecular flexibility index (Phi) is 4.65. The highest BCUT2D eigenvalue weighted by atomic mass is 14.1. The Labute approximate surface area is 94.1 Å². The maximum Gasteiger partial charge on any atom is -0.00626 e. The summed E-state index contributed by atoms with van der Waals surface area (Å²) in [7, 11) is 0. The summed E-state index contributed by atoms with van der Waals surface area (Å²) < 4.78 is 0. The van der Waals surface area contributed by atoms with Gasteiger partial charge in [0.15, 0.2) is 0 Å². The fourth-order valence-electron chi connectivity index (χ4n) is 1.79. The summed E-state index contributed by atoms with van der Waals surface area (Å²) in [5.74, 6) is 0. The monoisotopic (exact) mass is 202 g/mol. The first-order chi connectivity index (χ1) is 7.09. The Balaban J connectivity index is 2.63. The van der Waals surface area contributed by atoms with E-state index in [0.29, 0.717) is 0 Å². The predicted octanol–water partition coefficient (Wildman–Crippen LogP) is 4.94. The Morgan fingerprint density at radius 3 is 2.60 bits per heavy atom. The Hall–Kier alpha value is -1.00. The van der Waals surface area contributed by atoms with Crippen LogP contribution in [0.15, 0.2) is 40.2 Å². The molecule has 0 fully saturated rings. The van der Waals surface area contributed by atoms with Crippen LogP contribution in [0.1, 0.15) is 53.4 Å². The van der Waals surface area contributed by atoms with E-state index in [1.165, 1.54) is 30.4 Å². The highest BCUT2D eigenvalue weighted by molar-refractivity contribution is 5.23. The van der Waals surface area contributed by atoms with E-state index in [-0.39, 0.29) is 0 Å². The predicted molar refractivity (Wildman–Crippen MR) is 67.9 cm³/mol. The van der Waals surface area contributed by atoms with Crippen LogP contribution < -0.4 is 0 Å². The van der Waals surface area contributed by atoms with Crippen LogP contribution in [0.25, 0.3) is 0 Å². The first-order valence-corrected chi connectivity index (χ1v) is 5.81. The van der Waals surface area contributed by atoms with Gasteiger partial charge in [-0.3, -0.25) is 0 Å². The van der Waals surface area contributed by atoms with E-state index < -0.39 is 0 Å². The number of rotatable bonds is 2. The normalized spacial score (nSPS) is 19.1. The molecule has 0 spiro atoms. The summed E-state index contributed by atoms with van der Waals surface area (Å²) in [6.07, 6.45) is 9.26. The van der Waals surface area contributed by atoms with Crippen molar-refractivity contribution in [1.29, 1.82) is 0 Å². The molecule has 0 aromatic carbocycles. The zero-order valence-corrected chi connectivity index (χ0v) is 10.5. The third-order valence-electron chi connectivity index (χ3n) is 2.92. The first kappa shape index (κ1) is 12.1. The molecule has 82 valence electrons. The van der Waals surface area contributed by atoms with Crippen LogP contribution in [0.2, 0.25) is 0 Å². The van der Waals surface area contributed by atoms with Crippen LogP contribution in [0.3, 0.4) is 0 Å². The fourth-order valence-corrected chi connectivity index (χ4v) is 1.79. The Morgan fingerprint density at radius 2 is 2.07 bits per heavy atom. The quantitative estimate of drug-likeness (QED) is 0.439. The van der Waals surface area contributed by atoms with E-state index in [4.69, 9.17) is 0 Å². The van der Waals surface area contributed by atoms with Gasteiger partial charge in [-0.2, -0.15) is 0 Å². The van der Waals surface area contributed by atoms with Crippen molar-refractivity contribution in [2.24, 2.45) is 0 Å². The second-order valence-corrected chi connectivity index (χ2v) is 4.69. The SMILES string of the molecule is CC(C)=C=CCC(C)=C1CC=C(C)CC1. The topological polar surface area (TPSA) is 0 Å². The zero-order valence-electron chi connectivity index (χ0n) is 10.5. The molecule has 0 nitrogen and oxygen atoms in total. The van der Waals surface area contributed by atoms with Crippen molar-refractivity contribution >= 4 is 0 Å². The molecule has 0 saturated heterocycles. The molecule has 0 aromatic rings. The third kappa shape index (κ3) is 4.36. The molecule has 0 N–H and O–H groups in total. The van der Waals surface area contributed by atoms with Gasteiger partial charge in [0.05, 0.1) is 0 Å². The molecule has 0 heteroatoms. The average Bonchev–Trinajstić information content (AvgIpc) is 2.18. The molecular formula is C15H22. The smallest absolute Gasteiger partial charge is 0.00626 e. The lowest BCUT2D eigenvalue weighted by atomic mass is 9.91. The molecule has 0 bridgehead atoms. The molecule has 0 saturated carbocycles. The molecule has 0 amide bonds. The molecule has 0 aromatic heterocycles. The van der Waals surface area contributed by atoms with Gasteiger partial charge in [-0.15, -0.1) is 5.73 Å². The highest BCUT2D eigenvalue weighted by Crippen LogP contribution is 2.26. The van der Waals surface area contributed by atoms with Gasteiger partial charge in [-0.05, 0) is 65.0 Å². The Morgan fingerprint density at radius 1 is 1.33 bits per heavy atom. The van der Waals surface area contributed by atoms with Gasteiger partial charge in [0.2, 0.25) is 0 Å². The summed E-state index contributed by atoms with van der Waals surface area (Å²) >= 11 is 0. The van der Waals surface area contributed by atoms with Crippen LogP contribution in [-0.2, 0) is 0 Å². The largest absolute Gasteiger partial charge is 0.126 e. The van der Waals surface area contributed by atoms with Gasteiger partial charge in [0.25, 0.3) is 0 Å². The number of allylic oxidation sites excluding steroid dienone is 5. The van der Waals surface area contributed by atoms with Crippen molar-refractivity contribution in [2.45, 2.75) is 53.4 Å². The van der Waals surface area contributed by atoms with Crippen molar-refractivity contribution in [3.8, 4) is 0 Å². The maximum atomic E-state index is 3.27. The molecular weight excluding hydrogens is 180 g/mol. The lowest BCUT2D eigenvalue weighted by Crippen LogP contribution is -1.95. The molecule has 15 heavy (non-hydrogen) atoms. The standard InChI is InChI=1S/C15H22/c1-12(2)6-5-7-14(4)15-10-8-13(3)9-11-15/h5,8H,7,9-11H2,1-4H3. The van der Waals surface area contributed by atoms with Crippen LogP contribution in [-0.4, -0.2) is 0 Å². The second-order valence-electron chi connectivity index (χ2n) is 4.69. The van der Waals surface area contributed by atoms with Crippen LogP contribution in [0.5, 0.6) is 0 Å². The first-order valence-electron chi connectivity index (χ1n) is 5.81. The van der Waals surface area contributed by atoms with Crippen LogP contribution in [0.4, 0.5) is 0 Å². The van der Waals surface area contributed by atoms with E-state index in [2.05, 4.69) is 45.6 Å². The fraction of sp³-hybridized carbons (Fsp3) is 0.533. The highest BCUT2D eigenvalue weighted by Gasteiger charge is 2.06. The summed E-state index contributed by atoms with van der Waals surface area (Å²) in [4.78, 5) is 0. The van der Waals surface area contributed by atoms with Crippen LogP contribution >= 0.6 is 0 Å². The minimum absolute atomic E-state index is 1.06. The summed E-state index contributed by atoms with van der Waals surface area (Å²) in [5, 5.41) is 0. The molecule has 0 unspecified atom stereocenters. The summed E-state index contributed by atoms with van der Waals surface area (Å²) in [6.45, 7) is 8.67. The third-order valence-corrected chi connectivity index (χ3v) is 2.92. The zero-order chi connectivity index (χ0) is 11.3. The van der Waals surface area contributed by atoms with Gasteiger partial charge < -0.3 is 0 Å². The molecule has 1 aliphatic rings. The van der Waals surface area contributed by atoms with Crippen molar-refractivity contribution in [3.63, 3.8) is 0 Å². The molecule has 1 rings (SSSR count). The van der Waals surface area contributed by atoms with Gasteiger partial charge in [-0.25, -0.2) is 0 Å².